The third-order valence-corrected chi connectivity index (χ3v) is 8.03. The number of carbonyl (C=O) groups is 1. The fraction of sp³-hybridized carbons (Fsp3) is 0.233. The third-order valence-electron chi connectivity index (χ3n) is 7.14. The predicted molar refractivity (Wildman–Crippen MR) is 162 cm³/mol. The molecule has 6 nitrogen and oxygen atoms in total. The highest BCUT2D eigenvalue weighted by Gasteiger charge is 2.41. The Hall–Kier alpha value is -3.39. The van der Waals surface area contributed by atoms with E-state index in [0.29, 0.717) is 21.7 Å². The van der Waals surface area contributed by atoms with Crippen molar-refractivity contribution in [2.45, 2.75) is 39.3 Å². The lowest BCUT2D eigenvalue weighted by Gasteiger charge is -2.28. The first kappa shape index (κ1) is 27.2. The molecule has 200 valence electrons. The first-order valence-electron chi connectivity index (χ1n) is 12.7. The van der Waals surface area contributed by atoms with Crippen LogP contribution >= 0.6 is 35.4 Å². The summed E-state index contributed by atoms with van der Waals surface area (Å²) in [7, 11) is 0. The number of nitrogens with one attached hydrogen (secondary N) is 2. The molecule has 1 amide bonds. The Balaban J connectivity index is 1.49. The summed E-state index contributed by atoms with van der Waals surface area (Å²) in [5, 5.41) is 8.26. The quantitative estimate of drug-likeness (QED) is 0.229. The van der Waals surface area contributed by atoms with E-state index < -0.39 is 0 Å². The van der Waals surface area contributed by atoms with Gasteiger partial charge in [0, 0.05) is 41.3 Å². The van der Waals surface area contributed by atoms with E-state index in [-0.39, 0.29) is 24.4 Å². The van der Waals surface area contributed by atoms with Crippen LogP contribution in [0, 0.1) is 20.8 Å². The van der Waals surface area contributed by atoms with E-state index in [1.165, 1.54) is 0 Å². The first-order chi connectivity index (χ1) is 18.7. The summed E-state index contributed by atoms with van der Waals surface area (Å²) in [6, 6.07) is 20.9. The van der Waals surface area contributed by atoms with E-state index in [4.69, 9.17) is 35.4 Å². The molecule has 5 rings (SSSR count). The number of para-hydroxylation sites is 1. The van der Waals surface area contributed by atoms with Gasteiger partial charge in [-0.2, -0.15) is 0 Å². The zero-order valence-corrected chi connectivity index (χ0v) is 24.2. The number of halogens is 2. The molecule has 2 aromatic heterocycles. The van der Waals surface area contributed by atoms with Gasteiger partial charge in [-0.15, -0.1) is 0 Å². The van der Waals surface area contributed by atoms with Crippen LogP contribution < -0.4 is 10.6 Å². The summed E-state index contributed by atoms with van der Waals surface area (Å²) in [4.78, 5) is 19.7. The largest absolute Gasteiger partial charge is 0.352 e. The molecule has 1 aliphatic rings. The molecule has 0 radical (unpaired) electrons. The van der Waals surface area contributed by atoms with Gasteiger partial charge in [-0.05, 0) is 86.6 Å². The maximum absolute atomic E-state index is 13.0. The van der Waals surface area contributed by atoms with Crippen LogP contribution in [0.25, 0.3) is 5.69 Å². The molecule has 1 aliphatic heterocycles. The molecular formula is C30H29Cl2N5OS. The summed E-state index contributed by atoms with van der Waals surface area (Å²) in [5.41, 5.74) is 6.72. The predicted octanol–water partition coefficient (Wildman–Crippen LogP) is 7.11. The zero-order valence-electron chi connectivity index (χ0n) is 21.9. The maximum Gasteiger partial charge on any atom is 0.226 e. The van der Waals surface area contributed by atoms with Crippen LogP contribution in [-0.2, 0) is 4.79 Å². The number of carbonyl (C=O) groups excluding carboxylic acids is 1. The number of hydrogen-bond acceptors (Lipinski definition) is 3. The van der Waals surface area contributed by atoms with Gasteiger partial charge in [0.1, 0.15) is 0 Å². The van der Waals surface area contributed by atoms with E-state index in [9.17, 15) is 4.79 Å². The van der Waals surface area contributed by atoms with Gasteiger partial charge in [0.2, 0.25) is 5.91 Å². The third kappa shape index (κ3) is 5.53. The number of hydrogen-bond donors (Lipinski definition) is 2. The molecule has 39 heavy (non-hydrogen) atoms. The first-order valence-corrected chi connectivity index (χ1v) is 13.9. The fourth-order valence-corrected chi connectivity index (χ4v) is 6.08. The van der Waals surface area contributed by atoms with E-state index in [1.807, 2.05) is 61.5 Å². The van der Waals surface area contributed by atoms with Crippen LogP contribution in [0.15, 0.2) is 72.9 Å². The molecule has 4 aromatic rings. The Labute approximate surface area is 244 Å². The number of aryl methyl sites for hydroxylation is 2. The summed E-state index contributed by atoms with van der Waals surface area (Å²) in [6.45, 7) is 6.55. The highest BCUT2D eigenvalue weighted by Crippen LogP contribution is 2.42. The SMILES string of the molecule is Cc1ccccc1NC(=O)CCN1C(=S)N[C@H](c2ccccn2)[C@H]1c1cc(C)n(-c2ccc(Cl)cc2Cl)c1C. The van der Waals surface area contributed by atoms with Gasteiger partial charge in [0.15, 0.2) is 5.11 Å². The Kier molecular flexibility index (Phi) is 7.93. The van der Waals surface area contributed by atoms with Gasteiger partial charge >= 0.3 is 0 Å². The van der Waals surface area contributed by atoms with Crippen LogP contribution in [0.2, 0.25) is 10.0 Å². The average molecular weight is 579 g/mol. The Bertz CT molecular complexity index is 1540. The lowest BCUT2D eigenvalue weighted by Crippen LogP contribution is -2.33. The number of pyridine rings is 1. The van der Waals surface area contributed by atoms with Gasteiger partial charge in [0.05, 0.1) is 28.5 Å². The summed E-state index contributed by atoms with van der Waals surface area (Å²) in [6.07, 6.45) is 2.07. The lowest BCUT2D eigenvalue weighted by molar-refractivity contribution is -0.116. The molecule has 1 saturated heterocycles. The van der Waals surface area contributed by atoms with Crippen LogP contribution in [0.4, 0.5) is 5.69 Å². The smallest absolute Gasteiger partial charge is 0.226 e. The van der Waals surface area contributed by atoms with E-state index in [1.54, 1.807) is 12.3 Å². The standard InChI is InChI=1S/C30H29Cl2N5OS/c1-18-8-4-5-9-24(18)34-27(38)13-15-36-29(28(35-30(36)39)25-10-6-7-14-33-25)22-16-19(2)37(20(22)3)26-12-11-21(31)17-23(26)32/h4-12,14,16-17,28-29H,13,15H2,1-3H3,(H,34,38)(H,35,39)/t28-,29-/m1/s1. The number of thiocarbonyl (C=S) groups is 1. The maximum atomic E-state index is 13.0. The minimum atomic E-state index is -0.187. The minimum Gasteiger partial charge on any atom is -0.352 e. The zero-order chi connectivity index (χ0) is 27.7. The van der Waals surface area contributed by atoms with Crippen molar-refractivity contribution in [3.63, 3.8) is 0 Å². The number of amides is 1. The number of benzene rings is 2. The Morgan fingerprint density at radius 2 is 1.82 bits per heavy atom. The van der Waals surface area contributed by atoms with Gasteiger partial charge in [-0.3, -0.25) is 9.78 Å². The van der Waals surface area contributed by atoms with E-state index >= 15 is 0 Å². The number of rotatable bonds is 7. The molecule has 0 saturated carbocycles. The van der Waals surface area contributed by atoms with Crippen molar-refractivity contribution in [3.8, 4) is 5.69 Å². The minimum absolute atomic E-state index is 0.0643. The second-order valence-electron chi connectivity index (χ2n) is 9.69. The molecule has 2 N–H and O–H groups in total. The molecule has 0 bridgehead atoms. The van der Waals surface area contributed by atoms with Crippen molar-refractivity contribution in [1.82, 2.24) is 19.8 Å². The van der Waals surface area contributed by atoms with Gasteiger partial charge in [-0.1, -0.05) is 47.5 Å². The Morgan fingerprint density at radius 3 is 2.54 bits per heavy atom. The second-order valence-corrected chi connectivity index (χ2v) is 10.9. The van der Waals surface area contributed by atoms with Crippen molar-refractivity contribution in [1.29, 1.82) is 0 Å². The number of nitrogens with zero attached hydrogens (tertiary/aromatic N) is 3. The van der Waals surface area contributed by atoms with E-state index in [2.05, 4.69) is 45.0 Å². The van der Waals surface area contributed by atoms with Crippen LogP contribution in [0.1, 0.15) is 46.7 Å². The van der Waals surface area contributed by atoms with Gasteiger partial charge in [-0.25, -0.2) is 0 Å². The Morgan fingerprint density at radius 1 is 1.05 bits per heavy atom. The van der Waals surface area contributed by atoms with Crippen LogP contribution in [0.3, 0.4) is 0 Å². The molecule has 9 heteroatoms. The molecule has 3 heterocycles. The van der Waals surface area contributed by atoms with Crippen molar-refractivity contribution in [2.24, 2.45) is 0 Å². The summed E-state index contributed by atoms with van der Waals surface area (Å²) < 4.78 is 2.13. The lowest BCUT2D eigenvalue weighted by atomic mass is 9.96. The van der Waals surface area contributed by atoms with Gasteiger partial charge < -0.3 is 20.1 Å². The van der Waals surface area contributed by atoms with Gasteiger partial charge in [0.25, 0.3) is 0 Å². The average Bonchev–Trinajstić information content (AvgIpc) is 3.39. The van der Waals surface area contributed by atoms with E-state index in [0.717, 1.165) is 39.6 Å². The molecule has 0 unspecified atom stereocenters. The summed E-state index contributed by atoms with van der Waals surface area (Å²) in [5.74, 6) is -0.0643. The molecule has 0 aliphatic carbocycles. The fourth-order valence-electron chi connectivity index (χ4n) is 5.25. The normalized spacial score (nSPS) is 16.8. The number of aromatic nitrogens is 2. The highest BCUT2D eigenvalue weighted by atomic mass is 35.5. The van der Waals surface area contributed by atoms with Crippen molar-refractivity contribution in [2.75, 3.05) is 11.9 Å². The van der Waals surface area contributed by atoms with Crippen molar-refractivity contribution >= 4 is 52.1 Å². The van der Waals surface area contributed by atoms with Crippen molar-refractivity contribution in [3.05, 3.63) is 111 Å². The molecular weight excluding hydrogens is 549 g/mol. The molecule has 0 spiro atoms. The second kappa shape index (κ2) is 11.4. The summed E-state index contributed by atoms with van der Waals surface area (Å²) >= 11 is 18.6. The topological polar surface area (TPSA) is 62.2 Å². The molecule has 2 atom stereocenters. The molecule has 1 fully saturated rings. The molecule has 2 aromatic carbocycles. The number of anilines is 1. The highest BCUT2D eigenvalue weighted by molar-refractivity contribution is 7.80. The monoisotopic (exact) mass is 577 g/mol. The van der Waals surface area contributed by atoms with Crippen molar-refractivity contribution < 1.29 is 4.79 Å². The van der Waals surface area contributed by atoms with Crippen LogP contribution in [-0.4, -0.2) is 32.0 Å². The van der Waals surface area contributed by atoms with Crippen LogP contribution in [0.5, 0.6) is 0 Å².